The third kappa shape index (κ3) is 3.35. The first-order valence-corrected chi connectivity index (χ1v) is 5.50. The Balaban J connectivity index is 2.88. The van der Waals surface area contributed by atoms with Crippen molar-refractivity contribution in [3.63, 3.8) is 0 Å². The van der Waals surface area contributed by atoms with E-state index in [2.05, 4.69) is 0 Å². The fourth-order valence-electron chi connectivity index (χ4n) is 1.56. The van der Waals surface area contributed by atoms with Gasteiger partial charge >= 0.3 is 0 Å². The summed E-state index contributed by atoms with van der Waals surface area (Å²) in [5, 5.41) is 9.67. The first-order chi connectivity index (χ1) is 7.35. The topological polar surface area (TPSA) is 23.5 Å². The van der Waals surface area contributed by atoms with Crippen molar-refractivity contribution in [3.8, 4) is 0 Å². The summed E-state index contributed by atoms with van der Waals surface area (Å²) in [6.07, 6.45) is 0. The fraction of sp³-hybridized carbons (Fsp3) is 0.500. The Hall–Kier alpha value is -0.800. The van der Waals surface area contributed by atoms with Crippen LogP contribution in [-0.4, -0.2) is 25.3 Å². The normalized spacial score (nSPS) is 11.6. The summed E-state index contributed by atoms with van der Waals surface area (Å²) in [6.45, 7) is 4.46. The maximum absolute atomic E-state index is 13.5. The van der Waals surface area contributed by atoms with Crippen molar-refractivity contribution in [1.82, 2.24) is 0 Å². The summed E-state index contributed by atoms with van der Waals surface area (Å²) < 4.78 is 13.5. The lowest BCUT2D eigenvalue weighted by atomic mass is 9.94. The molecule has 16 heavy (non-hydrogen) atoms. The summed E-state index contributed by atoms with van der Waals surface area (Å²) in [5.74, 6) is -0.305. The van der Waals surface area contributed by atoms with Crippen molar-refractivity contribution in [2.45, 2.75) is 13.8 Å². The minimum atomic E-state index is -0.305. The van der Waals surface area contributed by atoms with Crippen LogP contribution in [0.4, 0.5) is 10.1 Å². The molecule has 90 valence electrons. The molecule has 0 atom stereocenters. The second kappa shape index (κ2) is 5.02. The van der Waals surface area contributed by atoms with Gasteiger partial charge in [-0.1, -0.05) is 25.4 Å². The Morgan fingerprint density at radius 2 is 2.06 bits per heavy atom. The van der Waals surface area contributed by atoms with E-state index in [1.807, 2.05) is 13.8 Å². The highest BCUT2D eigenvalue weighted by molar-refractivity contribution is 6.30. The zero-order valence-corrected chi connectivity index (χ0v) is 10.6. The molecule has 0 aliphatic rings. The highest BCUT2D eigenvalue weighted by Gasteiger charge is 2.20. The van der Waals surface area contributed by atoms with Gasteiger partial charge in [0, 0.05) is 30.6 Å². The molecule has 0 heterocycles. The SMILES string of the molecule is CN(CC(C)(C)CO)c1cc(Cl)ccc1F. The Morgan fingerprint density at radius 3 is 2.62 bits per heavy atom. The zero-order valence-electron chi connectivity index (χ0n) is 9.80. The summed E-state index contributed by atoms with van der Waals surface area (Å²) in [6, 6.07) is 4.45. The number of aliphatic hydroxyl groups is 1. The van der Waals surface area contributed by atoms with Crippen LogP contribution in [0.25, 0.3) is 0 Å². The molecule has 2 nitrogen and oxygen atoms in total. The molecular weight excluding hydrogens is 229 g/mol. The van der Waals surface area contributed by atoms with E-state index in [0.717, 1.165) is 0 Å². The number of aliphatic hydroxyl groups excluding tert-OH is 1. The van der Waals surface area contributed by atoms with Crippen molar-refractivity contribution in [2.75, 3.05) is 25.1 Å². The third-order valence-electron chi connectivity index (χ3n) is 2.41. The van der Waals surface area contributed by atoms with Crippen molar-refractivity contribution < 1.29 is 9.50 Å². The van der Waals surface area contributed by atoms with Crippen molar-refractivity contribution >= 4 is 17.3 Å². The van der Waals surface area contributed by atoms with Crippen LogP contribution >= 0.6 is 11.6 Å². The molecule has 0 amide bonds. The minimum absolute atomic E-state index is 0.0551. The van der Waals surface area contributed by atoms with Crippen LogP contribution in [-0.2, 0) is 0 Å². The summed E-state index contributed by atoms with van der Waals surface area (Å²) in [5.41, 5.74) is 0.179. The van der Waals surface area contributed by atoms with Crippen LogP contribution in [0.15, 0.2) is 18.2 Å². The summed E-state index contributed by atoms with van der Waals surface area (Å²) in [7, 11) is 1.78. The van der Waals surface area contributed by atoms with Gasteiger partial charge in [-0.3, -0.25) is 0 Å². The lowest BCUT2D eigenvalue weighted by molar-refractivity contribution is 0.165. The van der Waals surface area contributed by atoms with E-state index in [-0.39, 0.29) is 17.8 Å². The first kappa shape index (κ1) is 13.3. The molecule has 1 aromatic carbocycles. The Kier molecular flexibility index (Phi) is 4.16. The lowest BCUT2D eigenvalue weighted by Gasteiger charge is -2.30. The molecule has 0 spiro atoms. The van der Waals surface area contributed by atoms with Gasteiger partial charge in [0.1, 0.15) is 5.82 Å². The average Bonchev–Trinajstić information content (AvgIpc) is 2.21. The third-order valence-corrected chi connectivity index (χ3v) is 2.65. The van der Waals surface area contributed by atoms with E-state index < -0.39 is 0 Å². The highest BCUT2D eigenvalue weighted by Crippen LogP contribution is 2.25. The predicted molar refractivity (Wildman–Crippen MR) is 65.5 cm³/mol. The van der Waals surface area contributed by atoms with Crippen LogP contribution in [0, 0.1) is 11.2 Å². The number of hydrogen-bond donors (Lipinski definition) is 1. The number of rotatable bonds is 4. The van der Waals surface area contributed by atoms with Crippen molar-refractivity contribution in [2.24, 2.45) is 5.41 Å². The van der Waals surface area contributed by atoms with E-state index >= 15 is 0 Å². The monoisotopic (exact) mass is 245 g/mol. The quantitative estimate of drug-likeness (QED) is 0.882. The minimum Gasteiger partial charge on any atom is -0.396 e. The van der Waals surface area contributed by atoms with Crippen LogP contribution in [0.5, 0.6) is 0 Å². The molecule has 0 aliphatic carbocycles. The number of nitrogens with zero attached hydrogens (tertiary/aromatic N) is 1. The molecule has 4 heteroatoms. The van der Waals surface area contributed by atoms with Crippen LogP contribution in [0.2, 0.25) is 5.02 Å². The van der Waals surface area contributed by atoms with Gasteiger partial charge in [0.2, 0.25) is 0 Å². The van der Waals surface area contributed by atoms with Gasteiger partial charge in [-0.05, 0) is 18.2 Å². The zero-order chi connectivity index (χ0) is 12.3. The van der Waals surface area contributed by atoms with Gasteiger partial charge < -0.3 is 10.0 Å². The van der Waals surface area contributed by atoms with Gasteiger partial charge in [-0.2, -0.15) is 0 Å². The van der Waals surface area contributed by atoms with E-state index in [1.165, 1.54) is 12.1 Å². The van der Waals surface area contributed by atoms with Gasteiger partial charge in [0.25, 0.3) is 0 Å². The van der Waals surface area contributed by atoms with Gasteiger partial charge in [0.15, 0.2) is 0 Å². The van der Waals surface area contributed by atoms with Crippen molar-refractivity contribution in [3.05, 3.63) is 29.0 Å². The van der Waals surface area contributed by atoms with E-state index in [1.54, 1.807) is 18.0 Å². The predicted octanol–water partition coefficient (Wildman–Crippen LogP) is 2.93. The van der Waals surface area contributed by atoms with Gasteiger partial charge in [-0.25, -0.2) is 4.39 Å². The molecule has 0 aromatic heterocycles. The van der Waals surface area contributed by atoms with E-state index in [0.29, 0.717) is 17.3 Å². The molecule has 1 N–H and O–H groups in total. The fourth-order valence-corrected chi connectivity index (χ4v) is 1.72. The molecule has 0 aliphatic heterocycles. The molecule has 0 unspecified atom stereocenters. The average molecular weight is 246 g/mol. The number of anilines is 1. The standard InChI is InChI=1S/C12H17ClFNO/c1-12(2,8-16)7-15(3)11-6-9(13)4-5-10(11)14/h4-6,16H,7-8H2,1-3H3. The maximum Gasteiger partial charge on any atom is 0.146 e. The highest BCUT2D eigenvalue weighted by atomic mass is 35.5. The largest absolute Gasteiger partial charge is 0.396 e. The molecule has 1 rings (SSSR count). The molecule has 0 saturated heterocycles. The number of hydrogen-bond acceptors (Lipinski definition) is 2. The maximum atomic E-state index is 13.5. The second-order valence-electron chi connectivity index (χ2n) is 4.77. The number of benzene rings is 1. The molecule has 0 fully saturated rings. The summed E-state index contributed by atoms with van der Waals surface area (Å²) in [4.78, 5) is 1.76. The van der Waals surface area contributed by atoms with E-state index in [9.17, 15) is 4.39 Å². The Bertz CT molecular complexity index is 368. The smallest absolute Gasteiger partial charge is 0.146 e. The Morgan fingerprint density at radius 1 is 1.44 bits per heavy atom. The van der Waals surface area contributed by atoms with Crippen LogP contribution < -0.4 is 4.90 Å². The molecule has 1 aromatic rings. The molecular formula is C12H17ClFNO. The molecule has 0 saturated carbocycles. The Labute approximate surface area is 101 Å². The van der Waals surface area contributed by atoms with Crippen LogP contribution in [0.3, 0.4) is 0 Å². The van der Waals surface area contributed by atoms with Gasteiger partial charge in [0.05, 0.1) is 5.69 Å². The molecule has 0 radical (unpaired) electrons. The number of halogens is 2. The molecule has 0 bridgehead atoms. The second-order valence-corrected chi connectivity index (χ2v) is 5.21. The van der Waals surface area contributed by atoms with Crippen LogP contribution in [0.1, 0.15) is 13.8 Å². The van der Waals surface area contributed by atoms with E-state index in [4.69, 9.17) is 16.7 Å². The lowest BCUT2D eigenvalue weighted by Crippen LogP contribution is -2.34. The summed E-state index contributed by atoms with van der Waals surface area (Å²) >= 11 is 5.82. The van der Waals surface area contributed by atoms with Gasteiger partial charge in [-0.15, -0.1) is 0 Å². The van der Waals surface area contributed by atoms with Crippen molar-refractivity contribution in [1.29, 1.82) is 0 Å². The first-order valence-electron chi connectivity index (χ1n) is 5.13.